The second-order valence-electron chi connectivity index (χ2n) is 8.30. The van der Waals surface area contributed by atoms with Crippen molar-refractivity contribution >= 4 is 0 Å². The molecule has 2 nitrogen and oxygen atoms in total. The van der Waals surface area contributed by atoms with E-state index < -0.39 is 5.60 Å². The number of hydrogen-bond donors (Lipinski definition) is 1. The molecule has 20 heavy (non-hydrogen) atoms. The molecule has 0 aromatic carbocycles. The molecular formula is C18H32O2. The highest BCUT2D eigenvalue weighted by Crippen LogP contribution is 2.62. The summed E-state index contributed by atoms with van der Waals surface area (Å²) in [5, 5.41) is 11.2. The Morgan fingerprint density at radius 3 is 2.55 bits per heavy atom. The molecule has 1 N–H and O–H groups in total. The first-order valence-corrected chi connectivity index (χ1v) is 8.76. The Hall–Kier alpha value is -0.0800. The summed E-state index contributed by atoms with van der Waals surface area (Å²) in [6, 6.07) is 0. The lowest BCUT2D eigenvalue weighted by Gasteiger charge is -2.55. The summed E-state index contributed by atoms with van der Waals surface area (Å²) in [5.41, 5.74) is -0.520. The van der Waals surface area contributed by atoms with Crippen LogP contribution in [-0.4, -0.2) is 21.9 Å². The van der Waals surface area contributed by atoms with Crippen molar-refractivity contribution in [3.63, 3.8) is 0 Å². The van der Waals surface area contributed by atoms with Gasteiger partial charge in [-0.1, -0.05) is 26.7 Å². The third-order valence-corrected chi connectivity index (χ3v) is 6.98. The van der Waals surface area contributed by atoms with E-state index in [0.717, 1.165) is 25.7 Å². The zero-order valence-electron chi connectivity index (χ0n) is 13.7. The van der Waals surface area contributed by atoms with Gasteiger partial charge in [0.25, 0.3) is 0 Å². The highest BCUT2D eigenvalue weighted by Gasteiger charge is 2.64. The molecule has 2 saturated carbocycles. The minimum Gasteiger partial charge on any atom is -0.390 e. The van der Waals surface area contributed by atoms with Gasteiger partial charge < -0.3 is 9.84 Å². The lowest BCUT2D eigenvalue weighted by molar-refractivity contribution is -0.216. The van der Waals surface area contributed by atoms with Gasteiger partial charge in [-0.05, 0) is 64.2 Å². The number of ether oxygens (including phenoxy) is 1. The van der Waals surface area contributed by atoms with E-state index in [2.05, 4.69) is 27.7 Å². The van der Waals surface area contributed by atoms with Crippen molar-refractivity contribution in [2.45, 2.75) is 95.9 Å². The van der Waals surface area contributed by atoms with Crippen molar-refractivity contribution < 1.29 is 9.84 Å². The summed E-state index contributed by atoms with van der Waals surface area (Å²) >= 11 is 0. The molecule has 0 radical (unpaired) electrons. The van der Waals surface area contributed by atoms with Gasteiger partial charge >= 0.3 is 0 Å². The third kappa shape index (κ3) is 1.98. The van der Waals surface area contributed by atoms with Gasteiger partial charge in [-0.3, -0.25) is 0 Å². The standard InChI is InChI=1S/C18H32O2/c1-5-6-10-17(19)11-9-14-7-8-15-12-18(14,13(17)2)20-16(15,3)4/h13-15,19H,5-12H2,1-4H3. The monoisotopic (exact) mass is 280 g/mol. The van der Waals surface area contributed by atoms with Crippen molar-refractivity contribution in [3.8, 4) is 0 Å². The molecule has 5 unspecified atom stereocenters. The first-order valence-electron chi connectivity index (χ1n) is 8.76. The van der Waals surface area contributed by atoms with Gasteiger partial charge in [-0.2, -0.15) is 0 Å². The van der Waals surface area contributed by atoms with Crippen LogP contribution in [0.2, 0.25) is 0 Å². The second-order valence-corrected chi connectivity index (χ2v) is 8.30. The molecule has 1 saturated heterocycles. The molecule has 3 rings (SSSR count). The van der Waals surface area contributed by atoms with Crippen molar-refractivity contribution in [1.29, 1.82) is 0 Å². The van der Waals surface area contributed by atoms with Crippen LogP contribution < -0.4 is 0 Å². The number of aliphatic hydroxyl groups is 1. The largest absolute Gasteiger partial charge is 0.390 e. The molecule has 2 bridgehead atoms. The van der Waals surface area contributed by atoms with E-state index >= 15 is 0 Å². The van der Waals surface area contributed by atoms with E-state index in [1.54, 1.807) is 0 Å². The Bertz CT molecular complexity index is 378. The van der Waals surface area contributed by atoms with Crippen LogP contribution in [0.3, 0.4) is 0 Å². The fraction of sp³-hybridized carbons (Fsp3) is 1.00. The van der Waals surface area contributed by atoms with E-state index in [1.807, 2.05) is 0 Å². The van der Waals surface area contributed by atoms with Gasteiger partial charge in [-0.15, -0.1) is 0 Å². The smallest absolute Gasteiger partial charge is 0.0774 e. The van der Waals surface area contributed by atoms with Gasteiger partial charge in [-0.25, -0.2) is 0 Å². The second kappa shape index (κ2) is 4.71. The highest BCUT2D eigenvalue weighted by molar-refractivity contribution is 5.14. The topological polar surface area (TPSA) is 29.5 Å². The molecule has 3 fully saturated rings. The van der Waals surface area contributed by atoms with Gasteiger partial charge in [0.2, 0.25) is 0 Å². The molecule has 1 aliphatic heterocycles. The molecule has 0 aromatic rings. The molecular weight excluding hydrogens is 248 g/mol. The fourth-order valence-corrected chi connectivity index (χ4v) is 5.52. The predicted molar refractivity (Wildman–Crippen MR) is 81.6 cm³/mol. The van der Waals surface area contributed by atoms with Crippen LogP contribution in [-0.2, 0) is 4.74 Å². The summed E-state index contributed by atoms with van der Waals surface area (Å²) < 4.78 is 6.69. The molecule has 0 aromatic heterocycles. The van der Waals surface area contributed by atoms with E-state index in [9.17, 15) is 5.11 Å². The van der Waals surface area contributed by atoms with Crippen molar-refractivity contribution in [2.24, 2.45) is 17.8 Å². The van der Waals surface area contributed by atoms with Crippen LogP contribution in [0.15, 0.2) is 0 Å². The van der Waals surface area contributed by atoms with Gasteiger partial charge in [0, 0.05) is 5.92 Å². The lowest BCUT2D eigenvalue weighted by Crippen LogP contribution is -2.59. The van der Waals surface area contributed by atoms with Crippen molar-refractivity contribution in [1.82, 2.24) is 0 Å². The predicted octanol–water partition coefficient (Wildman–Crippen LogP) is 4.30. The summed E-state index contributed by atoms with van der Waals surface area (Å²) in [4.78, 5) is 0. The highest BCUT2D eigenvalue weighted by atomic mass is 16.5. The first kappa shape index (κ1) is 14.8. The number of fused-ring (bicyclic) bond motifs is 1. The van der Waals surface area contributed by atoms with E-state index in [4.69, 9.17) is 4.74 Å². The molecule has 1 spiro atoms. The normalized spacial score (nSPS) is 50.0. The van der Waals surface area contributed by atoms with E-state index in [0.29, 0.717) is 11.8 Å². The van der Waals surface area contributed by atoms with Gasteiger partial charge in [0.1, 0.15) is 0 Å². The molecule has 2 aliphatic carbocycles. The summed E-state index contributed by atoms with van der Waals surface area (Å²) in [6.45, 7) is 9.01. The summed E-state index contributed by atoms with van der Waals surface area (Å²) in [5.74, 6) is 1.65. The van der Waals surface area contributed by atoms with E-state index in [1.165, 1.54) is 25.7 Å². The Kier molecular flexibility index (Phi) is 3.49. The molecule has 5 atom stereocenters. The third-order valence-electron chi connectivity index (χ3n) is 6.98. The Morgan fingerprint density at radius 1 is 1.15 bits per heavy atom. The number of rotatable bonds is 3. The van der Waals surface area contributed by atoms with E-state index in [-0.39, 0.29) is 17.1 Å². The summed E-state index contributed by atoms with van der Waals surface area (Å²) in [6.07, 6.45) is 9.20. The van der Waals surface area contributed by atoms with Crippen LogP contribution in [0.1, 0.15) is 79.1 Å². The Morgan fingerprint density at radius 2 is 1.85 bits per heavy atom. The molecule has 0 amide bonds. The quantitative estimate of drug-likeness (QED) is 0.835. The zero-order valence-corrected chi connectivity index (χ0v) is 13.7. The maximum atomic E-state index is 11.2. The minimum absolute atomic E-state index is 0.00597. The van der Waals surface area contributed by atoms with Crippen LogP contribution >= 0.6 is 0 Å². The van der Waals surface area contributed by atoms with Crippen molar-refractivity contribution in [2.75, 3.05) is 0 Å². The maximum Gasteiger partial charge on any atom is 0.0774 e. The van der Waals surface area contributed by atoms with Gasteiger partial charge in [0.15, 0.2) is 0 Å². The lowest BCUT2D eigenvalue weighted by atomic mass is 9.55. The first-order chi connectivity index (χ1) is 9.34. The maximum absolute atomic E-state index is 11.2. The SMILES string of the molecule is CCCCC1(O)CCC2CCC3CC2(OC3(C)C)C1C. The fourth-order valence-electron chi connectivity index (χ4n) is 5.52. The van der Waals surface area contributed by atoms with Crippen LogP contribution in [0.4, 0.5) is 0 Å². The number of unbranched alkanes of at least 4 members (excludes halogenated alkanes) is 1. The molecule has 1 heterocycles. The average molecular weight is 280 g/mol. The molecule has 116 valence electrons. The van der Waals surface area contributed by atoms with Crippen molar-refractivity contribution in [3.05, 3.63) is 0 Å². The Balaban J connectivity index is 1.89. The number of hydrogen-bond acceptors (Lipinski definition) is 2. The minimum atomic E-state index is -0.491. The Labute approximate surface area is 124 Å². The molecule has 2 heteroatoms. The molecule has 3 aliphatic rings. The van der Waals surface area contributed by atoms with Crippen LogP contribution in [0.5, 0.6) is 0 Å². The zero-order chi connectivity index (χ0) is 14.6. The van der Waals surface area contributed by atoms with Crippen LogP contribution in [0.25, 0.3) is 0 Å². The van der Waals surface area contributed by atoms with Crippen LogP contribution in [0, 0.1) is 17.8 Å². The van der Waals surface area contributed by atoms with Gasteiger partial charge in [0.05, 0.1) is 16.8 Å². The average Bonchev–Trinajstić information content (AvgIpc) is 2.61. The summed E-state index contributed by atoms with van der Waals surface area (Å²) in [7, 11) is 0.